The summed E-state index contributed by atoms with van der Waals surface area (Å²) in [5.41, 5.74) is 7.17. The minimum atomic E-state index is -0.734. The number of hydrogen-bond acceptors (Lipinski definition) is 7. The third-order valence-electron chi connectivity index (χ3n) is 4.17. The van der Waals surface area contributed by atoms with Crippen LogP contribution in [0.3, 0.4) is 0 Å². The van der Waals surface area contributed by atoms with Crippen molar-refractivity contribution >= 4 is 17.3 Å². The zero-order chi connectivity index (χ0) is 19.5. The molecule has 0 radical (unpaired) electrons. The van der Waals surface area contributed by atoms with Gasteiger partial charge in [0.05, 0.1) is 30.5 Å². The monoisotopic (exact) mass is 405 g/mol. The van der Waals surface area contributed by atoms with Crippen LogP contribution in [-0.4, -0.2) is 40.0 Å². The van der Waals surface area contributed by atoms with Gasteiger partial charge in [0, 0.05) is 5.56 Å². The second kappa shape index (κ2) is 8.09. The van der Waals surface area contributed by atoms with Gasteiger partial charge in [-0.1, -0.05) is 41.9 Å². The van der Waals surface area contributed by atoms with Crippen molar-refractivity contribution in [1.29, 1.82) is 0 Å². The Labute approximate surface area is 164 Å². The Morgan fingerprint density at radius 1 is 1.29 bits per heavy atom. The van der Waals surface area contributed by atoms with E-state index >= 15 is 0 Å². The number of nitrogen functional groups attached to an aromatic ring is 1. The number of ether oxygens (including phenoxy) is 3. The van der Waals surface area contributed by atoms with E-state index in [4.69, 9.17) is 31.5 Å². The van der Waals surface area contributed by atoms with Gasteiger partial charge in [-0.05, 0) is 16.8 Å². The van der Waals surface area contributed by atoms with Gasteiger partial charge >= 0.3 is 0 Å². The molecule has 1 unspecified atom stereocenters. The van der Waals surface area contributed by atoms with Gasteiger partial charge in [0.2, 0.25) is 5.82 Å². The minimum Gasteiger partial charge on any atom is -0.481 e. The first-order valence-corrected chi connectivity index (χ1v) is 8.94. The fraction of sp³-hybridized carbons (Fsp3) is 0.278. The van der Waals surface area contributed by atoms with Crippen LogP contribution in [0.15, 0.2) is 36.4 Å². The van der Waals surface area contributed by atoms with Crippen molar-refractivity contribution in [3.05, 3.63) is 53.1 Å². The minimum absolute atomic E-state index is 0.0463. The Morgan fingerprint density at radius 2 is 2.11 bits per heavy atom. The van der Waals surface area contributed by atoms with E-state index in [2.05, 4.69) is 15.4 Å². The molecule has 1 saturated heterocycles. The first-order valence-electron chi connectivity index (χ1n) is 8.57. The van der Waals surface area contributed by atoms with Crippen LogP contribution in [-0.2, 0) is 16.1 Å². The lowest BCUT2D eigenvalue weighted by atomic mass is 10.0. The molecule has 28 heavy (non-hydrogen) atoms. The number of hydrogen-bond donors (Lipinski definition) is 1. The van der Waals surface area contributed by atoms with E-state index in [1.54, 1.807) is 6.07 Å². The third kappa shape index (κ3) is 3.77. The van der Waals surface area contributed by atoms with Gasteiger partial charge in [0.25, 0.3) is 0 Å². The predicted molar refractivity (Wildman–Crippen MR) is 99.2 cm³/mol. The molecular weight excluding hydrogens is 389 g/mol. The highest BCUT2D eigenvalue weighted by atomic mass is 35.5. The fourth-order valence-electron chi connectivity index (χ4n) is 2.79. The smallest absolute Gasteiger partial charge is 0.212 e. The van der Waals surface area contributed by atoms with Crippen LogP contribution in [0.4, 0.5) is 10.1 Å². The van der Waals surface area contributed by atoms with E-state index in [0.717, 1.165) is 5.56 Å². The molecule has 1 aliphatic heterocycles. The number of rotatable bonds is 5. The number of nitrogens with zero attached hydrogens (tertiary/aromatic N) is 4. The Bertz CT molecular complexity index is 963. The number of tetrazole rings is 1. The van der Waals surface area contributed by atoms with Gasteiger partial charge in [-0.3, -0.25) is 0 Å². The summed E-state index contributed by atoms with van der Waals surface area (Å²) in [5.74, 6) is -0.648. The third-order valence-corrected chi connectivity index (χ3v) is 4.45. The summed E-state index contributed by atoms with van der Waals surface area (Å²) in [6.07, 6.45) is -0.448. The molecule has 1 aliphatic rings. The lowest BCUT2D eigenvalue weighted by Crippen LogP contribution is -2.28. The Kier molecular flexibility index (Phi) is 5.38. The van der Waals surface area contributed by atoms with E-state index < -0.39 is 12.0 Å². The molecule has 8 nitrogen and oxygen atoms in total. The number of nitrogens with two attached hydrogens (primary N) is 1. The molecule has 0 amide bonds. The maximum absolute atomic E-state index is 14.8. The zero-order valence-corrected chi connectivity index (χ0v) is 15.5. The van der Waals surface area contributed by atoms with Gasteiger partial charge in [-0.2, -0.15) is 0 Å². The van der Waals surface area contributed by atoms with Crippen molar-refractivity contribution in [2.45, 2.75) is 12.8 Å². The maximum Gasteiger partial charge on any atom is 0.212 e. The van der Waals surface area contributed by atoms with Crippen molar-refractivity contribution in [3.63, 3.8) is 0 Å². The number of benzene rings is 2. The van der Waals surface area contributed by atoms with Crippen molar-refractivity contribution in [1.82, 2.24) is 20.2 Å². The Balaban J connectivity index is 1.51. The largest absolute Gasteiger partial charge is 0.481 e. The SMILES string of the molecule is Nc1c(-c2ccccc2)cc(Cl)c(OCc2nnn(C3COCCO3)n2)c1F. The van der Waals surface area contributed by atoms with Crippen molar-refractivity contribution in [3.8, 4) is 16.9 Å². The van der Waals surface area contributed by atoms with Crippen LogP contribution in [0.25, 0.3) is 11.1 Å². The molecular formula is C18H17ClFN5O3. The van der Waals surface area contributed by atoms with E-state index in [1.807, 2.05) is 30.3 Å². The highest BCUT2D eigenvalue weighted by molar-refractivity contribution is 6.32. The second-order valence-corrected chi connectivity index (χ2v) is 6.45. The topological polar surface area (TPSA) is 97.3 Å². The van der Waals surface area contributed by atoms with Gasteiger partial charge < -0.3 is 19.9 Å². The molecule has 0 aliphatic carbocycles. The normalized spacial score (nSPS) is 16.9. The highest BCUT2D eigenvalue weighted by Gasteiger charge is 2.21. The van der Waals surface area contributed by atoms with Crippen LogP contribution in [0.5, 0.6) is 5.75 Å². The number of aromatic nitrogens is 4. The molecule has 4 rings (SSSR count). The van der Waals surface area contributed by atoms with Crippen LogP contribution < -0.4 is 10.5 Å². The summed E-state index contributed by atoms with van der Waals surface area (Å²) in [6, 6.07) is 10.7. The fourth-order valence-corrected chi connectivity index (χ4v) is 3.03. The average molecular weight is 406 g/mol. The quantitative estimate of drug-likeness (QED) is 0.652. The summed E-state index contributed by atoms with van der Waals surface area (Å²) in [6.45, 7) is 1.17. The van der Waals surface area contributed by atoms with E-state index in [9.17, 15) is 4.39 Å². The molecule has 2 heterocycles. The average Bonchev–Trinajstić information content (AvgIpc) is 3.21. The molecule has 2 N–H and O–H groups in total. The molecule has 146 valence electrons. The van der Waals surface area contributed by atoms with Crippen molar-refractivity contribution < 1.29 is 18.6 Å². The molecule has 3 aromatic rings. The molecule has 1 atom stereocenters. The summed E-state index contributed by atoms with van der Waals surface area (Å²) < 4.78 is 31.0. The van der Waals surface area contributed by atoms with Crippen molar-refractivity contribution in [2.24, 2.45) is 0 Å². The standard InChI is InChI=1S/C18H17ClFN5O3/c19-13-8-12(11-4-2-1-3-5-11)17(21)16(20)18(13)28-9-14-22-24-25(23-14)15-10-26-6-7-27-15/h1-5,8,15H,6-7,9-10,21H2. The number of halogens is 2. The van der Waals surface area contributed by atoms with E-state index in [1.165, 1.54) is 4.80 Å². The first kappa shape index (κ1) is 18.6. The van der Waals surface area contributed by atoms with Crippen molar-refractivity contribution in [2.75, 3.05) is 25.6 Å². The second-order valence-electron chi connectivity index (χ2n) is 6.04. The lowest BCUT2D eigenvalue weighted by Gasteiger charge is -2.21. The van der Waals surface area contributed by atoms with Gasteiger partial charge in [-0.25, -0.2) is 4.39 Å². The van der Waals surface area contributed by atoms with Crippen LogP contribution in [0.2, 0.25) is 5.02 Å². The molecule has 2 aromatic carbocycles. The summed E-state index contributed by atoms with van der Waals surface area (Å²) in [4.78, 5) is 1.29. The summed E-state index contributed by atoms with van der Waals surface area (Å²) in [7, 11) is 0. The van der Waals surface area contributed by atoms with Gasteiger partial charge in [-0.15, -0.1) is 15.0 Å². The highest BCUT2D eigenvalue weighted by Crippen LogP contribution is 2.39. The van der Waals surface area contributed by atoms with Gasteiger partial charge in [0.15, 0.2) is 24.4 Å². The first-order chi connectivity index (χ1) is 13.6. The van der Waals surface area contributed by atoms with E-state index in [0.29, 0.717) is 25.4 Å². The maximum atomic E-state index is 14.8. The molecule has 1 aromatic heterocycles. The van der Waals surface area contributed by atoms with Crippen LogP contribution >= 0.6 is 11.6 Å². The van der Waals surface area contributed by atoms with Crippen LogP contribution in [0.1, 0.15) is 12.1 Å². The number of anilines is 1. The molecule has 1 fully saturated rings. The molecule has 0 saturated carbocycles. The Hall–Kier alpha value is -2.75. The van der Waals surface area contributed by atoms with Crippen LogP contribution in [0, 0.1) is 5.82 Å². The zero-order valence-electron chi connectivity index (χ0n) is 14.7. The summed E-state index contributed by atoms with van der Waals surface area (Å²) in [5, 5.41) is 12.0. The Morgan fingerprint density at radius 3 is 2.86 bits per heavy atom. The lowest BCUT2D eigenvalue weighted by molar-refractivity contribution is -0.133. The molecule has 10 heteroatoms. The van der Waals surface area contributed by atoms with E-state index in [-0.39, 0.29) is 28.9 Å². The molecule has 0 bridgehead atoms. The molecule has 0 spiro atoms. The summed E-state index contributed by atoms with van der Waals surface area (Å²) >= 11 is 6.23. The predicted octanol–water partition coefficient (Wildman–Crippen LogP) is 2.84. The van der Waals surface area contributed by atoms with Gasteiger partial charge in [0.1, 0.15) is 0 Å².